The zero-order valence-corrected chi connectivity index (χ0v) is 10.8. The number of fused-ring (bicyclic) bond motifs is 1. The van der Waals surface area contributed by atoms with E-state index in [-0.39, 0.29) is 12.4 Å². The molecule has 0 bridgehead atoms. The molecule has 0 aliphatic rings. The molecule has 3 nitrogen and oxygen atoms in total. The van der Waals surface area contributed by atoms with Crippen molar-refractivity contribution in [2.24, 2.45) is 0 Å². The minimum absolute atomic E-state index is 0.0191. The Morgan fingerprint density at radius 3 is 2.57 bits per heavy atom. The second-order valence-corrected chi connectivity index (χ2v) is 4.48. The van der Waals surface area contributed by atoms with Gasteiger partial charge in [0, 0.05) is 12.4 Å². The van der Waals surface area contributed by atoms with Crippen LogP contribution >= 0.6 is 0 Å². The molecule has 0 unspecified atom stereocenters. The zero-order chi connectivity index (χ0) is 14.9. The third kappa shape index (κ3) is 2.84. The van der Waals surface area contributed by atoms with E-state index in [9.17, 15) is 13.2 Å². The van der Waals surface area contributed by atoms with Crippen molar-refractivity contribution >= 4 is 5.65 Å². The predicted octanol–water partition coefficient (Wildman–Crippen LogP) is 3.93. The van der Waals surface area contributed by atoms with Crippen LogP contribution in [0.25, 0.3) is 5.65 Å². The maximum atomic E-state index is 12.8. The van der Waals surface area contributed by atoms with Gasteiger partial charge < -0.3 is 9.14 Å². The summed E-state index contributed by atoms with van der Waals surface area (Å²) < 4.78 is 45.6. The molecule has 2 heterocycles. The van der Waals surface area contributed by atoms with Crippen molar-refractivity contribution in [2.75, 3.05) is 0 Å². The molecule has 0 N–H and O–H groups in total. The molecule has 0 saturated carbocycles. The molecular weight excluding hydrogens is 281 g/mol. The number of para-hydroxylation sites is 1. The Morgan fingerprint density at radius 2 is 1.81 bits per heavy atom. The monoisotopic (exact) mass is 292 g/mol. The van der Waals surface area contributed by atoms with Gasteiger partial charge in [0.1, 0.15) is 18.0 Å². The topological polar surface area (TPSA) is 26.5 Å². The van der Waals surface area contributed by atoms with Gasteiger partial charge in [-0.1, -0.05) is 18.2 Å². The molecule has 1 aromatic carbocycles. The molecule has 0 fully saturated rings. The first kappa shape index (κ1) is 13.5. The van der Waals surface area contributed by atoms with Gasteiger partial charge in [-0.3, -0.25) is 0 Å². The molecule has 0 aliphatic heterocycles. The van der Waals surface area contributed by atoms with Crippen LogP contribution in [0, 0.1) is 0 Å². The standard InChI is InChI=1S/C15H11F3N2O/c16-15(17,18)12-5-1-2-6-13(12)21-10-11-9-20-8-4-3-7-14(20)19-11/h1-9H,10H2. The highest BCUT2D eigenvalue weighted by Gasteiger charge is 2.34. The number of hydrogen-bond donors (Lipinski definition) is 0. The first-order chi connectivity index (χ1) is 10.0. The van der Waals surface area contributed by atoms with Gasteiger partial charge in [0.05, 0.1) is 11.3 Å². The van der Waals surface area contributed by atoms with Gasteiger partial charge in [-0.25, -0.2) is 4.98 Å². The van der Waals surface area contributed by atoms with Gasteiger partial charge >= 0.3 is 6.18 Å². The maximum absolute atomic E-state index is 12.8. The summed E-state index contributed by atoms with van der Waals surface area (Å²) in [5.74, 6) is -0.193. The smallest absolute Gasteiger partial charge is 0.419 e. The minimum Gasteiger partial charge on any atom is -0.487 e. The lowest BCUT2D eigenvalue weighted by Gasteiger charge is -2.12. The van der Waals surface area contributed by atoms with Crippen LogP contribution in [0.5, 0.6) is 5.75 Å². The van der Waals surface area contributed by atoms with Crippen LogP contribution in [0.3, 0.4) is 0 Å². The molecule has 2 aromatic heterocycles. The van der Waals surface area contributed by atoms with Crippen LogP contribution in [-0.4, -0.2) is 9.38 Å². The van der Waals surface area contributed by atoms with E-state index in [2.05, 4.69) is 4.98 Å². The lowest BCUT2D eigenvalue weighted by Crippen LogP contribution is -2.08. The van der Waals surface area contributed by atoms with E-state index in [0.29, 0.717) is 5.69 Å². The van der Waals surface area contributed by atoms with Crippen molar-refractivity contribution in [1.29, 1.82) is 0 Å². The third-order valence-electron chi connectivity index (χ3n) is 2.98. The van der Waals surface area contributed by atoms with Crippen LogP contribution < -0.4 is 4.74 Å². The molecule has 0 saturated heterocycles. The molecule has 0 atom stereocenters. The SMILES string of the molecule is FC(F)(F)c1ccccc1OCc1cn2ccccc2n1. The molecule has 0 amide bonds. The summed E-state index contributed by atoms with van der Waals surface area (Å²) in [6, 6.07) is 10.6. The Bertz CT molecular complexity index is 732. The summed E-state index contributed by atoms with van der Waals surface area (Å²) in [4.78, 5) is 4.28. The zero-order valence-electron chi connectivity index (χ0n) is 10.8. The first-order valence-electron chi connectivity index (χ1n) is 6.26. The van der Waals surface area contributed by atoms with Crippen molar-refractivity contribution in [3.05, 3.63) is 66.1 Å². The summed E-state index contributed by atoms with van der Waals surface area (Å²) >= 11 is 0. The number of halogens is 3. The number of rotatable bonds is 3. The average Bonchev–Trinajstić information content (AvgIpc) is 2.87. The Balaban J connectivity index is 1.82. The molecule has 6 heteroatoms. The molecule has 108 valence electrons. The van der Waals surface area contributed by atoms with Crippen LogP contribution in [-0.2, 0) is 12.8 Å². The van der Waals surface area contributed by atoms with E-state index in [0.717, 1.165) is 11.7 Å². The predicted molar refractivity (Wildman–Crippen MR) is 71.0 cm³/mol. The fraction of sp³-hybridized carbons (Fsp3) is 0.133. The van der Waals surface area contributed by atoms with E-state index in [1.54, 1.807) is 10.6 Å². The van der Waals surface area contributed by atoms with E-state index >= 15 is 0 Å². The number of hydrogen-bond acceptors (Lipinski definition) is 2. The van der Waals surface area contributed by atoms with Gasteiger partial charge in [0.2, 0.25) is 0 Å². The fourth-order valence-corrected chi connectivity index (χ4v) is 2.04. The van der Waals surface area contributed by atoms with E-state index in [4.69, 9.17) is 4.74 Å². The average molecular weight is 292 g/mol. The number of aromatic nitrogens is 2. The summed E-state index contributed by atoms with van der Waals surface area (Å²) in [7, 11) is 0. The summed E-state index contributed by atoms with van der Waals surface area (Å²) in [5, 5.41) is 0. The van der Waals surface area contributed by atoms with Crippen LogP contribution in [0.2, 0.25) is 0 Å². The van der Waals surface area contributed by atoms with Gasteiger partial charge in [-0.05, 0) is 24.3 Å². The Hall–Kier alpha value is -2.50. The van der Waals surface area contributed by atoms with Crippen LogP contribution in [0.15, 0.2) is 54.9 Å². The van der Waals surface area contributed by atoms with Gasteiger partial charge in [-0.2, -0.15) is 13.2 Å². The lowest BCUT2D eigenvalue weighted by atomic mass is 10.2. The van der Waals surface area contributed by atoms with Crippen molar-refractivity contribution in [3.63, 3.8) is 0 Å². The number of alkyl halides is 3. The molecular formula is C15H11F3N2O. The van der Waals surface area contributed by atoms with Crippen molar-refractivity contribution in [3.8, 4) is 5.75 Å². The van der Waals surface area contributed by atoms with Gasteiger partial charge in [-0.15, -0.1) is 0 Å². The first-order valence-corrected chi connectivity index (χ1v) is 6.26. The highest BCUT2D eigenvalue weighted by atomic mass is 19.4. The Morgan fingerprint density at radius 1 is 1.05 bits per heavy atom. The van der Waals surface area contributed by atoms with E-state index in [1.807, 2.05) is 24.4 Å². The van der Waals surface area contributed by atoms with Gasteiger partial charge in [0.15, 0.2) is 0 Å². The molecule has 0 spiro atoms. The number of nitrogens with zero attached hydrogens (tertiary/aromatic N) is 2. The normalized spacial score (nSPS) is 11.8. The highest BCUT2D eigenvalue weighted by Crippen LogP contribution is 2.36. The summed E-state index contributed by atoms with van der Waals surface area (Å²) in [6.45, 7) is -0.0191. The molecule has 0 radical (unpaired) electrons. The molecule has 3 aromatic rings. The van der Waals surface area contributed by atoms with Crippen molar-refractivity contribution in [1.82, 2.24) is 9.38 Å². The number of ether oxygens (including phenoxy) is 1. The number of pyridine rings is 1. The molecule has 3 rings (SSSR count). The number of benzene rings is 1. The third-order valence-corrected chi connectivity index (χ3v) is 2.98. The van der Waals surface area contributed by atoms with E-state index < -0.39 is 11.7 Å². The number of imidazole rings is 1. The fourth-order valence-electron chi connectivity index (χ4n) is 2.04. The second-order valence-electron chi connectivity index (χ2n) is 4.48. The summed E-state index contributed by atoms with van der Waals surface area (Å²) in [5.41, 5.74) is 0.507. The van der Waals surface area contributed by atoms with Crippen molar-refractivity contribution < 1.29 is 17.9 Å². The largest absolute Gasteiger partial charge is 0.487 e. The molecule has 21 heavy (non-hydrogen) atoms. The van der Waals surface area contributed by atoms with Crippen molar-refractivity contribution in [2.45, 2.75) is 12.8 Å². The van der Waals surface area contributed by atoms with E-state index in [1.165, 1.54) is 18.2 Å². The quantitative estimate of drug-likeness (QED) is 0.731. The maximum Gasteiger partial charge on any atom is 0.419 e. The lowest BCUT2D eigenvalue weighted by molar-refractivity contribution is -0.139. The second kappa shape index (κ2) is 5.12. The van der Waals surface area contributed by atoms with Crippen LogP contribution in [0.4, 0.5) is 13.2 Å². The minimum atomic E-state index is -4.44. The van der Waals surface area contributed by atoms with Crippen LogP contribution in [0.1, 0.15) is 11.3 Å². The summed E-state index contributed by atoms with van der Waals surface area (Å²) in [6.07, 6.45) is -0.892. The Kier molecular flexibility index (Phi) is 3.29. The highest BCUT2D eigenvalue weighted by molar-refractivity contribution is 5.40. The van der Waals surface area contributed by atoms with Gasteiger partial charge in [0.25, 0.3) is 0 Å². The Labute approximate surface area is 118 Å². The molecule has 0 aliphatic carbocycles.